The van der Waals surface area contributed by atoms with E-state index in [0.29, 0.717) is 5.92 Å². The Kier molecular flexibility index (Phi) is 5.85. The summed E-state index contributed by atoms with van der Waals surface area (Å²) in [5.74, 6) is 1.71. The standard InChI is InChI=1S/C43H31N3S/c1-27-15-17-28(18-16-27)29-19-21-31(22-20-29)43-44-42(30-9-3-2-4-10-30)46(43)45-36-13-7-5-11-34(36)40-32-24-26-39-41(33(32)23-25-37(40)45)35-12-6-8-14-38(35)47-39/h2-15,17-27,42H,16H2,1H3/p+1. The Balaban J connectivity index is 1.22. The number of allylic oxidation sites excluding steroid dienone is 4. The van der Waals surface area contributed by atoms with Gasteiger partial charge in [0.15, 0.2) is 0 Å². The van der Waals surface area contributed by atoms with Crippen molar-refractivity contribution >= 4 is 75.5 Å². The summed E-state index contributed by atoms with van der Waals surface area (Å²) in [4.78, 5) is 0. The molecule has 3 nitrogen and oxygen atoms in total. The van der Waals surface area contributed by atoms with Gasteiger partial charge in [-0.25, -0.2) is 5.32 Å². The van der Waals surface area contributed by atoms with Crippen molar-refractivity contribution < 1.29 is 4.68 Å². The highest BCUT2D eigenvalue weighted by molar-refractivity contribution is 7.26. The monoisotopic (exact) mass is 622 g/mol. The van der Waals surface area contributed by atoms with E-state index in [-0.39, 0.29) is 6.17 Å². The number of nitrogens with zero attached hydrogens (tertiary/aromatic N) is 2. The van der Waals surface area contributed by atoms with Crippen molar-refractivity contribution in [1.29, 1.82) is 0 Å². The summed E-state index contributed by atoms with van der Waals surface area (Å²) in [6.45, 7) is 2.27. The zero-order valence-electron chi connectivity index (χ0n) is 26.0. The predicted molar refractivity (Wildman–Crippen MR) is 199 cm³/mol. The second kappa shape index (κ2) is 10.3. The fourth-order valence-electron chi connectivity index (χ4n) is 7.68. The number of hydrogen-bond donors (Lipinski definition) is 1. The van der Waals surface area contributed by atoms with Crippen LogP contribution >= 0.6 is 11.3 Å². The average Bonchev–Trinajstić information content (AvgIpc) is 3.65. The van der Waals surface area contributed by atoms with Crippen molar-refractivity contribution in [3.05, 3.63) is 162 Å². The first kappa shape index (κ1) is 26.7. The first-order chi connectivity index (χ1) is 23.2. The van der Waals surface area contributed by atoms with Gasteiger partial charge in [-0.05, 0) is 70.6 Å². The van der Waals surface area contributed by atoms with Crippen molar-refractivity contribution in [3.63, 3.8) is 0 Å². The van der Waals surface area contributed by atoms with Crippen LogP contribution in [0.4, 0.5) is 0 Å². The van der Waals surface area contributed by atoms with E-state index < -0.39 is 0 Å². The molecule has 1 N–H and O–H groups in total. The van der Waals surface area contributed by atoms with Crippen LogP contribution in [0.5, 0.6) is 0 Å². The summed E-state index contributed by atoms with van der Waals surface area (Å²) >= 11 is 1.88. The zero-order chi connectivity index (χ0) is 31.1. The van der Waals surface area contributed by atoms with Crippen molar-refractivity contribution in [3.8, 4) is 0 Å². The highest BCUT2D eigenvalue weighted by Crippen LogP contribution is 2.43. The molecule has 47 heavy (non-hydrogen) atoms. The van der Waals surface area contributed by atoms with Crippen LogP contribution in [0, 0.1) is 5.92 Å². The predicted octanol–water partition coefficient (Wildman–Crippen LogP) is 10.8. The minimum atomic E-state index is -0.00523. The van der Waals surface area contributed by atoms with Crippen molar-refractivity contribution in [2.24, 2.45) is 5.92 Å². The molecule has 1 aliphatic carbocycles. The summed E-state index contributed by atoms with van der Waals surface area (Å²) in [7, 11) is 0. The van der Waals surface area contributed by atoms with E-state index in [4.69, 9.17) is 0 Å². The average molecular weight is 623 g/mol. The lowest BCUT2D eigenvalue weighted by atomic mass is 9.93. The Morgan fingerprint density at radius 1 is 0.638 bits per heavy atom. The van der Waals surface area contributed by atoms with Crippen molar-refractivity contribution in [2.45, 2.75) is 19.5 Å². The minimum Gasteiger partial charge on any atom is -0.226 e. The molecule has 0 saturated carbocycles. The van der Waals surface area contributed by atoms with Gasteiger partial charge in [-0.1, -0.05) is 116 Å². The van der Waals surface area contributed by atoms with Gasteiger partial charge < -0.3 is 0 Å². The SMILES string of the molecule is CC1C=CC(c2ccc(C3=[N+](n4c5ccccc5c5c6ccc7sc8ccccc8c7c6ccc54)C(c4ccccc4)N3)cc2)=CC1. The molecule has 224 valence electrons. The molecule has 1 aliphatic heterocycles. The quantitative estimate of drug-likeness (QED) is 0.194. The van der Waals surface area contributed by atoms with Gasteiger partial charge >= 0.3 is 5.84 Å². The molecule has 2 aromatic heterocycles. The largest absolute Gasteiger partial charge is 0.308 e. The highest BCUT2D eigenvalue weighted by Gasteiger charge is 2.42. The maximum Gasteiger partial charge on any atom is 0.308 e. The van der Waals surface area contributed by atoms with E-state index in [1.165, 1.54) is 75.0 Å². The minimum absolute atomic E-state index is 0.00523. The molecule has 0 amide bonds. The third-order valence-electron chi connectivity index (χ3n) is 10.0. The van der Waals surface area contributed by atoms with Crippen molar-refractivity contribution in [2.75, 3.05) is 0 Å². The molecule has 0 saturated heterocycles. The smallest absolute Gasteiger partial charge is 0.226 e. The Morgan fingerprint density at radius 3 is 2.19 bits per heavy atom. The number of hydrogen-bond acceptors (Lipinski definition) is 2. The third-order valence-corrected chi connectivity index (χ3v) is 11.2. The van der Waals surface area contributed by atoms with E-state index in [9.17, 15) is 0 Å². The van der Waals surface area contributed by atoms with Crippen LogP contribution in [0.2, 0.25) is 0 Å². The lowest BCUT2D eigenvalue weighted by Gasteiger charge is -2.30. The number of nitrogens with one attached hydrogen (secondary N) is 1. The van der Waals surface area contributed by atoms with Gasteiger partial charge in [0.1, 0.15) is 0 Å². The summed E-state index contributed by atoms with van der Waals surface area (Å²) in [5.41, 5.74) is 7.39. The molecule has 2 atom stereocenters. The number of thiophene rings is 1. The molecular weight excluding hydrogens is 591 g/mol. The van der Waals surface area contributed by atoms with Gasteiger partial charge in [0.05, 0.1) is 16.6 Å². The molecule has 3 heterocycles. The molecule has 4 heteroatoms. The van der Waals surface area contributed by atoms with Gasteiger partial charge in [0.25, 0.3) is 6.17 Å². The van der Waals surface area contributed by atoms with Gasteiger partial charge in [-0.15, -0.1) is 16.0 Å². The van der Waals surface area contributed by atoms with Crippen LogP contribution in [0.1, 0.15) is 36.2 Å². The Bertz CT molecular complexity index is 2630. The van der Waals surface area contributed by atoms with Gasteiger partial charge in [-0.2, -0.15) is 4.68 Å². The molecule has 10 rings (SSSR count). The van der Waals surface area contributed by atoms with Crippen molar-refractivity contribution in [1.82, 2.24) is 9.99 Å². The number of fused-ring (bicyclic) bond motifs is 9. The van der Waals surface area contributed by atoms with Crippen LogP contribution < -0.4 is 5.32 Å². The second-order valence-electron chi connectivity index (χ2n) is 12.9. The first-order valence-electron chi connectivity index (χ1n) is 16.5. The zero-order valence-corrected chi connectivity index (χ0v) is 26.8. The fraction of sp³-hybridized carbons (Fsp3) is 0.0930. The molecular formula is C43H32N3S+. The van der Waals surface area contributed by atoms with Crippen LogP contribution in [0.25, 0.3) is 58.3 Å². The van der Waals surface area contributed by atoms with E-state index >= 15 is 0 Å². The Morgan fingerprint density at radius 2 is 1.36 bits per heavy atom. The van der Waals surface area contributed by atoms with E-state index in [0.717, 1.165) is 12.3 Å². The van der Waals surface area contributed by atoms with Gasteiger partial charge in [0.2, 0.25) is 0 Å². The maximum absolute atomic E-state index is 3.86. The van der Waals surface area contributed by atoms with Crippen LogP contribution in [-0.4, -0.2) is 15.2 Å². The Hall–Kier alpha value is -5.45. The molecule has 8 aromatic rings. The lowest BCUT2D eigenvalue weighted by Crippen LogP contribution is -2.55. The van der Waals surface area contributed by atoms with E-state index in [1.54, 1.807) is 0 Å². The fourth-order valence-corrected chi connectivity index (χ4v) is 8.80. The number of rotatable bonds is 4. The Labute approximate surface area is 277 Å². The third kappa shape index (κ3) is 4.01. The molecule has 0 radical (unpaired) electrons. The summed E-state index contributed by atoms with van der Waals surface area (Å²) in [6, 6.07) is 46.9. The van der Waals surface area contributed by atoms with Crippen LogP contribution in [0.3, 0.4) is 0 Å². The van der Waals surface area contributed by atoms with E-state index in [1.807, 2.05) is 11.3 Å². The topological polar surface area (TPSA) is 20.0 Å². The summed E-state index contributed by atoms with van der Waals surface area (Å²) in [6.07, 6.45) is 8.03. The first-order valence-corrected chi connectivity index (χ1v) is 17.3. The van der Waals surface area contributed by atoms with Gasteiger partial charge in [0, 0.05) is 36.5 Å². The lowest BCUT2D eigenvalue weighted by molar-refractivity contribution is -0.652. The second-order valence-corrected chi connectivity index (χ2v) is 14.0. The highest BCUT2D eigenvalue weighted by atomic mass is 32.1. The van der Waals surface area contributed by atoms with E-state index in [2.05, 4.69) is 167 Å². The van der Waals surface area contributed by atoms with Crippen LogP contribution in [-0.2, 0) is 0 Å². The molecule has 6 aromatic carbocycles. The number of aromatic nitrogens is 1. The summed E-state index contributed by atoms with van der Waals surface area (Å²) in [5, 5.41) is 11.7. The molecule has 2 unspecified atom stereocenters. The molecule has 0 fully saturated rings. The maximum atomic E-state index is 3.86. The normalized spacial score (nSPS) is 17.9. The molecule has 0 spiro atoms. The van der Waals surface area contributed by atoms with Crippen LogP contribution in [0.15, 0.2) is 146 Å². The summed E-state index contributed by atoms with van der Waals surface area (Å²) < 4.78 is 7.59. The molecule has 0 bridgehead atoms. The number of amidine groups is 1. The number of benzene rings is 6. The number of para-hydroxylation sites is 1. The van der Waals surface area contributed by atoms with Gasteiger partial charge in [-0.3, -0.25) is 0 Å². The molecule has 2 aliphatic rings.